The van der Waals surface area contributed by atoms with Crippen LogP contribution >= 0.6 is 0 Å². The SMILES string of the molecule is O=C(NN=C(C=Cc1ccccc1)C=Cc1ccccc1)c1ccc(NC(=O)c2ccccc2)cc1. The Morgan fingerprint density at radius 1 is 0.556 bits per heavy atom. The van der Waals surface area contributed by atoms with Crippen LogP contribution in [0.1, 0.15) is 31.8 Å². The van der Waals surface area contributed by atoms with Crippen LogP contribution in [0.25, 0.3) is 12.2 Å². The molecule has 4 aromatic carbocycles. The molecular formula is C31H25N3O2. The maximum atomic E-state index is 12.7. The van der Waals surface area contributed by atoms with Gasteiger partial charge in [-0.2, -0.15) is 5.10 Å². The van der Waals surface area contributed by atoms with Gasteiger partial charge in [-0.15, -0.1) is 0 Å². The van der Waals surface area contributed by atoms with Crippen molar-refractivity contribution in [2.75, 3.05) is 5.32 Å². The molecule has 2 N–H and O–H groups in total. The van der Waals surface area contributed by atoms with E-state index in [0.717, 1.165) is 11.1 Å². The normalized spacial score (nSPS) is 10.8. The Kier molecular flexibility index (Phi) is 8.33. The van der Waals surface area contributed by atoms with Crippen LogP contribution < -0.4 is 10.7 Å². The summed E-state index contributed by atoms with van der Waals surface area (Å²) in [4.78, 5) is 25.0. The van der Waals surface area contributed by atoms with E-state index in [0.29, 0.717) is 22.5 Å². The first kappa shape index (κ1) is 24.1. The van der Waals surface area contributed by atoms with Crippen molar-refractivity contribution in [3.05, 3.63) is 150 Å². The fourth-order valence-electron chi connectivity index (χ4n) is 3.30. The number of rotatable bonds is 8. The van der Waals surface area contributed by atoms with E-state index in [1.165, 1.54) is 0 Å². The summed E-state index contributed by atoms with van der Waals surface area (Å²) in [5.41, 5.74) is 6.84. The van der Waals surface area contributed by atoms with Crippen LogP contribution in [0, 0.1) is 0 Å². The molecule has 36 heavy (non-hydrogen) atoms. The van der Waals surface area contributed by atoms with Crippen LogP contribution in [0.15, 0.2) is 133 Å². The Labute approximate surface area is 210 Å². The molecule has 5 heteroatoms. The van der Waals surface area contributed by atoms with Crippen LogP contribution in [0.4, 0.5) is 5.69 Å². The molecule has 0 unspecified atom stereocenters. The quantitative estimate of drug-likeness (QED) is 0.229. The first-order chi connectivity index (χ1) is 17.7. The highest BCUT2D eigenvalue weighted by molar-refractivity contribution is 6.09. The molecule has 0 aliphatic carbocycles. The topological polar surface area (TPSA) is 70.6 Å². The first-order valence-electron chi connectivity index (χ1n) is 11.5. The number of carbonyl (C=O) groups excluding carboxylic acids is 2. The minimum atomic E-state index is -0.352. The van der Waals surface area contributed by atoms with Gasteiger partial charge >= 0.3 is 0 Å². The minimum Gasteiger partial charge on any atom is -0.322 e. The van der Waals surface area contributed by atoms with Gasteiger partial charge in [0.2, 0.25) is 0 Å². The van der Waals surface area contributed by atoms with Crippen molar-refractivity contribution in [3.8, 4) is 0 Å². The minimum absolute atomic E-state index is 0.211. The van der Waals surface area contributed by atoms with Gasteiger partial charge in [-0.3, -0.25) is 9.59 Å². The maximum Gasteiger partial charge on any atom is 0.271 e. The van der Waals surface area contributed by atoms with E-state index < -0.39 is 0 Å². The molecule has 5 nitrogen and oxygen atoms in total. The molecule has 2 amide bonds. The number of anilines is 1. The van der Waals surface area contributed by atoms with Crippen molar-refractivity contribution >= 4 is 35.4 Å². The highest BCUT2D eigenvalue weighted by Gasteiger charge is 2.08. The van der Waals surface area contributed by atoms with Crippen molar-refractivity contribution < 1.29 is 9.59 Å². The number of allylic oxidation sites excluding steroid dienone is 2. The van der Waals surface area contributed by atoms with Gasteiger partial charge in [0.1, 0.15) is 0 Å². The first-order valence-corrected chi connectivity index (χ1v) is 11.5. The highest BCUT2D eigenvalue weighted by atomic mass is 16.2. The number of amides is 2. The van der Waals surface area contributed by atoms with E-state index >= 15 is 0 Å². The standard InChI is InChI=1S/C31H25N3O2/c35-30(26-14-8-3-9-15-26)32-28-22-18-27(19-23-28)31(36)34-33-29(20-16-24-10-4-1-5-11-24)21-17-25-12-6-2-7-13-25/h1-23H,(H,32,35)(H,34,36). The lowest BCUT2D eigenvalue weighted by Gasteiger charge is -2.06. The number of benzene rings is 4. The smallest absolute Gasteiger partial charge is 0.271 e. The second-order valence-corrected chi connectivity index (χ2v) is 7.86. The van der Waals surface area contributed by atoms with Gasteiger partial charge in [0, 0.05) is 16.8 Å². The zero-order valence-corrected chi connectivity index (χ0v) is 19.5. The molecule has 0 aliphatic rings. The van der Waals surface area contributed by atoms with Gasteiger partial charge in [0.15, 0.2) is 0 Å². The van der Waals surface area contributed by atoms with E-state index in [-0.39, 0.29) is 11.8 Å². The largest absolute Gasteiger partial charge is 0.322 e. The van der Waals surface area contributed by atoms with Crippen LogP contribution in [-0.2, 0) is 0 Å². The van der Waals surface area contributed by atoms with Crippen LogP contribution in [0.5, 0.6) is 0 Å². The number of hydrogen-bond acceptors (Lipinski definition) is 3. The van der Waals surface area contributed by atoms with Gasteiger partial charge in [-0.05, 0) is 59.7 Å². The van der Waals surface area contributed by atoms with Gasteiger partial charge in [0.25, 0.3) is 11.8 Å². The van der Waals surface area contributed by atoms with Crippen LogP contribution in [-0.4, -0.2) is 17.5 Å². The highest BCUT2D eigenvalue weighted by Crippen LogP contribution is 2.12. The average molecular weight is 472 g/mol. The molecule has 0 saturated heterocycles. The summed E-state index contributed by atoms with van der Waals surface area (Å²) in [6.07, 6.45) is 7.56. The second-order valence-electron chi connectivity index (χ2n) is 7.86. The number of nitrogens with one attached hydrogen (secondary N) is 2. The molecule has 0 atom stereocenters. The Bertz CT molecular complexity index is 1320. The Morgan fingerprint density at radius 2 is 1.03 bits per heavy atom. The summed E-state index contributed by atoms with van der Waals surface area (Å²) in [6, 6.07) is 35.3. The number of hydrogen-bond donors (Lipinski definition) is 2. The molecular weight excluding hydrogens is 446 g/mol. The van der Waals surface area contributed by atoms with Gasteiger partial charge in [-0.1, -0.05) is 91.0 Å². The lowest BCUT2D eigenvalue weighted by molar-refractivity contribution is 0.0954. The van der Waals surface area contributed by atoms with Crippen molar-refractivity contribution in [1.29, 1.82) is 0 Å². The predicted molar refractivity (Wildman–Crippen MR) is 147 cm³/mol. The summed E-state index contributed by atoms with van der Waals surface area (Å²) >= 11 is 0. The molecule has 0 radical (unpaired) electrons. The third-order valence-electron chi connectivity index (χ3n) is 5.22. The lowest BCUT2D eigenvalue weighted by Crippen LogP contribution is -2.19. The molecule has 0 saturated carbocycles. The summed E-state index contributed by atoms with van der Waals surface area (Å²) in [6.45, 7) is 0. The molecule has 0 aromatic heterocycles. The van der Waals surface area contributed by atoms with E-state index in [1.807, 2.05) is 91.0 Å². The summed E-state index contributed by atoms with van der Waals surface area (Å²) in [5, 5.41) is 7.14. The molecule has 0 aliphatic heterocycles. The van der Waals surface area contributed by atoms with E-state index in [9.17, 15) is 9.59 Å². The molecule has 0 fully saturated rings. The average Bonchev–Trinajstić information content (AvgIpc) is 2.94. The molecule has 176 valence electrons. The lowest BCUT2D eigenvalue weighted by atomic mass is 10.1. The fraction of sp³-hybridized carbons (Fsp3) is 0. The molecule has 0 heterocycles. The van der Waals surface area contributed by atoms with Crippen molar-refractivity contribution in [3.63, 3.8) is 0 Å². The number of carbonyl (C=O) groups is 2. The van der Waals surface area contributed by atoms with Crippen molar-refractivity contribution in [2.45, 2.75) is 0 Å². The number of hydrazone groups is 1. The van der Waals surface area contributed by atoms with Gasteiger partial charge in [-0.25, -0.2) is 5.43 Å². The summed E-state index contributed by atoms with van der Waals surface area (Å²) in [7, 11) is 0. The van der Waals surface area contributed by atoms with E-state index in [1.54, 1.807) is 48.5 Å². The molecule has 0 spiro atoms. The second kappa shape index (κ2) is 12.4. The molecule has 4 rings (SSSR count). The van der Waals surface area contributed by atoms with Crippen LogP contribution in [0.3, 0.4) is 0 Å². The van der Waals surface area contributed by atoms with Crippen LogP contribution in [0.2, 0.25) is 0 Å². The monoisotopic (exact) mass is 471 g/mol. The third-order valence-corrected chi connectivity index (χ3v) is 5.22. The fourth-order valence-corrected chi connectivity index (χ4v) is 3.30. The Morgan fingerprint density at radius 3 is 1.56 bits per heavy atom. The zero-order chi connectivity index (χ0) is 25.0. The van der Waals surface area contributed by atoms with Gasteiger partial charge in [0.05, 0.1) is 5.71 Å². The molecule has 0 bridgehead atoms. The summed E-state index contributed by atoms with van der Waals surface area (Å²) in [5.74, 6) is -0.563. The van der Waals surface area contributed by atoms with Gasteiger partial charge < -0.3 is 5.32 Å². The third kappa shape index (κ3) is 7.23. The van der Waals surface area contributed by atoms with Crippen molar-refractivity contribution in [1.82, 2.24) is 5.43 Å². The zero-order valence-electron chi connectivity index (χ0n) is 19.5. The van der Waals surface area contributed by atoms with E-state index in [4.69, 9.17) is 0 Å². The summed E-state index contributed by atoms with van der Waals surface area (Å²) < 4.78 is 0. The Balaban J connectivity index is 1.44. The molecule has 4 aromatic rings. The van der Waals surface area contributed by atoms with Crippen molar-refractivity contribution in [2.24, 2.45) is 5.10 Å². The number of nitrogens with zero attached hydrogens (tertiary/aromatic N) is 1. The maximum absolute atomic E-state index is 12.7. The Hall–Kier alpha value is -5.03. The van der Waals surface area contributed by atoms with E-state index in [2.05, 4.69) is 15.8 Å². The predicted octanol–water partition coefficient (Wildman–Crippen LogP) is 6.45.